The van der Waals surface area contributed by atoms with Crippen LogP contribution in [0.15, 0.2) is 42.5 Å². The molecule has 27 heavy (non-hydrogen) atoms. The molecule has 1 N–H and O–H groups in total. The predicted molar refractivity (Wildman–Crippen MR) is 110 cm³/mol. The van der Waals surface area contributed by atoms with Gasteiger partial charge in [-0.3, -0.25) is 4.79 Å². The highest BCUT2D eigenvalue weighted by Crippen LogP contribution is 2.28. The standard InChI is InChI=1S/C22H28O4S/c1-16-11-17(2)22(26-14-18-7-5-4-6-8-18)19(12-16)13-20(23)15-27-10-9-21(24)25-3/h4-8,11-12,20,23H,9-10,13-15H2,1-3H3. The Hall–Kier alpha value is -1.98. The van der Waals surface area contributed by atoms with E-state index in [1.807, 2.05) is 37.3 Å². The minimum absolute atomic E-state index is 0.220. The molecule has 0 aromatic heterocycles. The molecule has 146 valence electrons. The Labute approximate surface area is 165 Å². The molecule has 0 heterocycles. The minimum atomic E-state index is -0.493. The number of benzene rings is 2. The molecule has 2 rings (SSSR count). The van der Waals surface area contributed by atoms with Crippen molar-refractivity contribution in [2.45, 2.75) is 39.4 Å². The van der Waals surface area contributed by atoms with Crippen molar-refractivity contribution in [1.29, 1.82) is 0 Å². The summed E-state index contributed by atoms with van der Waals surface area (Å²) in [7, 11) is 1.39. The van der Waals surface area contributed by atoms with Gasteiger partial charge >= 0.3 is 5.97 Å². The molecule has 0 saturated heterocycles. The molecule has 0 spiro atoms. The summed E-state index contributed by atoms with van der Waals surface area (Å²) in [4.78, 5) is 11.1. The number of hydrogen-bond donors (Lipinski definition) is 1. The highest BCUT2D eigenvalue weighted by atomic mass is 32.2. The SMILES string of the molecule is COC(=O)CCSCC(O)Cc1cc(C)cc(C)c1OCc1ccccc1. The molecule has 0 aliphatic heterocycles. The van der Waals surface area contributed by atoms with E-state index in [2.05, 4.69) is 23.8 Å². The Kier molecular flexibility index (Phi) is 8.69. The maximum absolute atomic E-state index is 11.1. The number of aryl methyl sites for hydroxylation is 2. The highest BCUT2D eigenvalue weighted by molar-refractivity contribution is 7.99. The number of carbonyl (C=O) groups excluding carboxylic acids is 1. The van der Waals surface area contributed by atoms with Crippen LogP contribution in [0.3, 0.4) is 0 Å². The van der Waals surface area contributed by atoms with E-state index in [1.54, 1.807) is 11.8 Å². The van der Waals surface area contributed by atoms with Crippen LogP contribution in [0.2, 0.25) is 0 Å². The van der Waals surface area contributed by atoms with E-state index in [9.17, 15) is 9.90 Å². The first-order valence-corrected chi connectivity index (χ1v) is 10.2. The van der Waals surface area contributed by atoms with Crippen LogP contribution in [-0.4, -0.2) is 35.8 Å². The van der Waals surface area contributed by atoms with E-state index < -0.39 is 6.10 Å². The number of methoxy groups -OCH3 is 1. The molecule has 0 saturated carbocycles. The second-order valence-electron chi connectivity index (χ2n) is 6.60. The van der Waals surface area contributed by atoms with Gasteiger partial charge in [-0.15, -0.1) is 0 Å². The van der Waals surface area contributed by atoms with Gasteiger partial charge in [0, 0.05) is 17.9 Å². The second kappa shape index (κ2) is 11.0. The fourth-order valence-electron chi connectivity index (χ4n) is 2.92. The normalized spacial score (nSPS) is 11.9. The predicted octanol–water partition coefficient (Wildman–Crippen LogP) is 4.08. The first kappa shape index (κ1) is 21.3. The van der Waals surface area contributed by atoms with E-state index in [-0.39, 0.29) is 5.97 Å². The average Bonchev–Trinajstić information content (AvgIpc) is 2.65. The zero-order valence-electron chi connectivity index (χ0n) is 16.2. The third-order valence-corrected chi connectivity index (χ3v) is 5.28. The molecule has 0 fully saturated rings. The molecule has 5 heteroatoms. The van der Waals surface area contributed by atoms with Crippen molar-refractivity contribution in [2.24, 2.45) is 0 Å². The Morgan fingerprint density at radius 2 is 1.93 bits per heavy atom. The molecule has 0 radical (unpaired) electrons. The van der Waals surface area contributed by atoms with Crippen LogP contribution in [0, 0.1) is 13.8 Å². The van der Waals surface area contributed by atoms with Crippen molar-refractivity contribution in [3.63, 3.8) is 0 Å². The molecule has 2 aromatic rings. The van der Waals surface area contributed by atoms with Crippen LogP contribution in [0.25, 0.3) is 0 Å². The van der Waals surface area contributed by atoms with Crippen LogP contribution in [-0.2, 0) is 22.6 Å². The molecular weight excluding hydrogens is 360 g/mol. The fourth-order valence-corrected chi connectivity index (χ4v) is 3.79. The number of hydrogen-bond acceptors (Lipinski definition) is 5. The van der Waals surface area contributed by atoms with E-state index in [1.165, 1.54) is 7.11 Å². The molecule has 4 nitrogen and oxygen atoms in total. The van der Waals surface area contributed by atoms with E-state index in [4.69, 9.17) is 4.74 Å². The van der Waals surface area contributed by atoms with Gasteiger partial charge in [0.25, 0.3) is 0 Å². The third kappa shape index (κ3) is 7.27. The van der Waals surface area contributed by atoms with Crippen molar-refractivity contribution < 1.29 is 19.4 Å². The summed E-state index contributed by atoms with van der Waals surface area (Å²) in [5, 5.41) is 10.4. The first-order chi connectivity index (χ1) is 13.0. The van der Waals surface area contributed by atoms with Gasteiger partial charge in [-0.2, -0.15) is 11.8 Å². The zero-order chi connectivity index (χ0) is 19.6. The van der Waals surface area contributed by atoms with Gasteiger partial charge in [-0.1, -0.05) is 48.0 Å². The lowest BCUT2D eigenvalue weighted by Crippen LogP contribution is -2.16. The monoisotopic (exact) mass is 388 g/mol. The van der Waals surface area contributed by atoms with Crippen LogP contribution >= 0.6 is 11.8 Å². The lowest BCUT2D eigenvalue weighted by atomic mass is 10.0. The van der Waals surface area contributed by atoms with E-state index in [0.717, 1.165) is 28.0 Å². The molecule has 1 atom stereocenters. The topological polar surface area (TPSA) is 55.8 Å². The Bertz CT molecular complexity index is 731. The molecule has 2 aromatic carbocycles. The number of aliphatic hydroxyl groups excluding tert-OH is 1. The quantitative estimate of drug-likeness (QED) is 0.491. The smallest absolute Gasteiger partial charge is 0.306 e. The number of aliphatic hydroxyl groups is 1. The summed E-state index contributed by atoms with van der Waals surface area (Å²) >= 11 is 1.56. The van der Waals surface area contributed by atoms with Gasteiger partial charge in [0.05, 0.1) is 19.6 Å². The molecular formula is C22H28O4S. The number of rotatable bonds is 10. The van der Waals surface area contributed by atoms with Crippen LogP contribution in [0.5, 0.6) is 5.75 Å². The Morgan fingerprint density at radius 3 is 2.63 bits per heavy atom. The maximum Gasteiger partial charge on any atom is 0.306 e. The van der Waals surface area contributed by atoms with Crippen molar-refractivity contribution in [3.05, 3.63) is 64.7 Å². The number of thioether (sulfide) groups is 1. The van der Waals surface area contributed by atoms with E-state index >= 15 is 0 Å². The van der Waals surface area contributed by atoms with Crippen LogP contribution in [0.1, 0.15) is 28.7 Å². The summed E-state index contributed by atoms with van der Waals surface area (Å²) in [5.74, 6) is 1.85. The van der Waals surface area contributed by atoms with Gasteiger partial charge < -0.3 is 14.6 Å². The van der Waals surface area contributed by atoms with Crippen molar-refractivity contribution in [2.75, 3.05) is 18.6 Å². The van der Waals surface area contributed by atoms with E-state index in [0.29, 0.717) is 31.0 Å². The number of ether oxygens (including phenoxy) is 2. The van der Waals surface area contributed by atoms with Crippen LogP contribution in [0.4, 0.5) is 0 Å². The Morgan fingerprint density at radius 1 is 1.19 bits per heavy atom. The third-order valence-electron chi connectivity index (χ3n) is 4.17. The second-order valence-corrected chi connectivity index (χ2v) is 7.75. The lowest BCUT2D eigenvalue weighted by Gasteiger charge is -2.18. The summed E-state index contributed by atoms with van der Waals surface area (Å²) in [6.07, 6.45) is 0.397. The first-order valence-electron chi connectivity index (χ1n) is 9.09. The van der Waals surface area contributed by atoms with Gasteiger partial charge in [0.2, 0.25) is 0 Å². The van der Waals surface area contributed by atoms with Gasteiger partial charge in [-0.05, 0) is 30.5 Å². The summed E-state index contributed by atoms with van der Waals surface area (Å²) < 4.78 is 10.7. The van der Waals surface area contributed by atoms with Crippen molar-refractivity contribution in [3.8, 4) is 5.75 Å². The fraction of sp³-hybridized carbons (Fsp3) is 0.409. The van der Waals surface area contributed by atoms with Gasteiger partial charge in [-0.25, -0.2) is 0 Å². The molecule has 0 aliphatic carbocycles. The molecule has 0 bridgehead atoms. The van der Waals surface area contributed by atoms with Crippen molar-refractivity contribution >= 4 is 17.7 Å². The minimum Gasteiger partial charge on any atom is -0.488 e. The zero-order valence-corrected chi connectivity index (χ0v) is 17.1. The Balaban J connectivity index is 1.97. The van der Waals surface area contributed by atoms with Crippen molar-refractivity contribution in [1.82, 2.24) is 0 Å². The molecule has 0 amide bonds. The highest BCUT2D eigenvalue weighted by Gasteiger charge is 2.14. The summed E-state index contributed by atoms with van der Waals surface area (Å²) in [5.41, 5.74) is 4.36. The summed E-state index contributed by atoms with van der Waals surface area (Å²) in [6, 6.07) is 14.2. The summed E-state index contributed by atoms with van der Waals surface area (Å²) in [6.45, 7) is 4.59. The maximum atomic E-state index is 11.1. The average molecular weight is 389 g/mol. The van der Waals surface area contributed by atoms with Gasteiger partial charge in [0.15, 0.2) is 0 Å². The number of esters is 1. The largest absolute Gasteiger partial charge is 0.488 e. The molecule has 1 unspecified atom stereocenters. The van der Waals surface area contributed by atoms with Gasteiger partial charge in [0.1, 0.15) is 12.4 Å². The lowest BCUT2D eigenvalue weighted by molar-refractivity contribution is -0.140. The molecule has 0 aliphatic rings. The van der Waals surface area contributed by atoms with Crippen LogP contribution < -0.4 is 4.74 Å². The number of carbonyl (C=O) groups is 1.